The minimum Gasteiger partial charge on any atom is -0.495 e. The maximum absolute atomic E-state index is 13.1. The lowest BCUT2D eigenvalue weighted by atomic mass is 10.2. The number of hydrogen-bond donors (Lipinski definition) is 1. The molecule has 0 saturated carbocycles. The Kier molecular flexibility index (Phi) is 6.04. The van der Waals surface area contributed by atoms with Crippen LogP contribution in [0, 0.1) is 0 Å². The van der Waals surface area contributed by atoms with E-state index in [2.05, 4.69) is 10.1 Å². The van der Waals surface area contributed by atoms with E-state index >= 15 is 0 Å². The molecule has 0 unspecified atom stereocenters. The van der Waals surface area contributed by atoms with Crippen molar-refractivity contribution in [1.82, 2.24) is 19.5 Å². The highest BCUT2D eigenvalue weighted by atomic mass is 35.5. The number of halogens is 1. The predicted molar refractivity (Wildman–Crippen MR) is 112 cm³/mol. The number of sulfone groups is 1. The Morgan fingerprint density at radius 1 is 1.26 bits per heavy atom. The van der Waals surface area contributed by atoms with Crippen LogP contribution in [0.4, 0.5) is 16.4 Å². The van der Waals surface area contributed by atoms with Gasteiger partial charge in [0, 0.05) is 25.6 Å². The van der Waals surface area contributed by atoms with E-state index in [1.807, 2.05) is 0 Å². The number of hydrogen-bond acceptors (Lipinski definition) is 7. The second kappa shape index (κ2) is 8.40. The van der Waals surface area contributed by atoms with Crippen LogP contribution in [0.3, 0.4) is 0 Å². The smallest absolute Gasteiger partial charge is 0.407 e. The molecule has 2 amide bonds. The molecule has 0 aliphatic carbocycles. The molecule has 0 atom stereocenters. The van der Waals surface area contributed by atoms with E-state index in [1.165, 1.54) is 43.1 Å². The number of rotatable bonds is 6. The summed E-state index contributed by atoms with van der Waals surface area (Å²) in [6, 6.07) is 7.13. The molecular weight excluding hydrogens is 450 g/mol. The highest BCUT2D eigenvalue weighted by molar-refractivity contribution is 7.90. The minimum atomic E-state index is -3.54. The molecule has 2 aromatic heterocycles. The number of benzene rings is 1. The number of carbonyl (C=O) groups excluding carboxylic acids is 1. The summed E-state index contributed by atoms with van der Waals surface area (Å²) in [5, 5.41) is 13.8. The van der Waals surface area contributed by atoms with E-state index in [4.69, 9.17) is 21.4 Å². The number of nitrogens with zero attached hydrogens (tertiary/aromatic N) is 5. The number of likely N-dealkylation sites (N-methyl/N-ethyl adjacent to an activating group) is 1. The molecule has 11 nitrogen and oxygen atoms in total. The molecule has 0 saturated heterocycles. The summed E-state index contributed by atoms with van der Waals surface area (Å²) in [4.78, 5) is 30.4. The molecule has 0 spiro atoms. The van der Waals surface area contributed by atoms with E-state index in [9.17, 15) is 18.0 Å². The third-order valence-electron chi connectivity index (χ3n) is 4.25. The van der Waals surface area contributed by atoms with Gasteiger partial charge in [0.15, 0.2) is 15.5 Å². The summed E-state index contributed by atoms with van der Waals surface area (Å²) in [6.07, 6.45) is 1.23. The van der Waals surface area contributed by atoms with Crippen LogP contribution in [-0.4, -0.2) is 72.0 Å². The van der Waals surface area contributed by atoms with Gasteiger partial charge in [-0.05, 0) is 24.3 Å². The van der Waals surface area contributed by atoms with E-state index in [-0.39, 0.29) is 22.3 Å². The largest absolute Gasteiger partial charge is 0.495 e. The molecule has 164 valence electrons. The summed E-state index contributed by atoms with van der Waals surface area (Å²) in [5.74, 6) is -0.695. The number of aromatic nitrogens is 3. The lowest BCUT2D eigenvalue weighted by molar-refractivity contribution is -0.118. The van der Waals surface area contributed by atoms with E-state index < -0.39 is 28.4 Å². The molecule has 1 aromatic carbocycles. The SMILES string of the molecule is COc1cc(S(C)(=O)=O)ccc1N(C(=O)CN(C)C(=O)O)c1nc2ccc(Cl)cn2n1. The number of ether oxygens (including phenoxy) is 1. The predicted octanol–water partition coefficient (Wildman–Crippen LogP) is 2.07. The second-order valence-corrected chi connectivity index (χ2v) is 8.99. The number of anilines is 2. The van der Waals surface area contributed by atoms with Crippen molar-refractivity contribution in [2.75, 3.05) is 31.9 Å². The Morgan fingerprint density at radius 3 is 2.58 bits per heavy atom. The van der Waals surface area contributed by atoms with Crippen molar-refractivity contribution in [3.8, 4) is 5.75 Å². The first-order chi connectivity index (χ1) is 14.5. The van der Waals surface area contributed by atoms with Gasteiger partial charge in [-0.3, -0.25) is 4.79 Å². The zero-order valence-corrected chi connectivity index (χ0v) is 18.3. The first-order valence-electron chi connectivity index (χ1n) is 8.68. The fraction of sp³-hybridized carbons (Fsp3) is 0.222. The Hall–Kier alpha value is -3.38. The van der Waals surface area contributed by atoms with Gasteiger partial charge in [-0.1, -0.05) is 11.6 Å². The van der Waals surface area contributed by atoms with Crippen LogP contribution in [0.5, 0.6) is 5.75 Å². The van der Waals surface area contributed by atoms with Crippen LogP contribution in [0.15, 0.2) is 41.4 Å². The molecule has 3 aromatic rings. The van der Waals surface area contributed by atoms with E-state index in [0.717, 1.165) is 16.1 Å². The number of pyridine rings is 1. The molecule has 31 heavy (non-hydrogen) atoms. The van der Waals surface area contributed by atoms with Crippen LogP contribution in [0.1, 0.15) is 0 Å². The molecule has 0 bridgehead atoms. The molecule has 0 aliphatic heterocycles. The Morgan fingerprint density at radius 2 is 1.97 bits per heavy atom. The van der Waals surface area contributed by atoms with E-state index in [0.29, 0.717) is 10.7 Å². The normalized spacial score (nSPS) is 11.4. The standard InChI is InChI=1S/C18H18ClN5O6S/c1-22(18(26)27)10-16(25)24(17-20-15-7-4-11(19)9-23(15)21-17)13-6-5-12(31(3,28)29)8-14(13)30-2/h4-9H,10H2,1-3H3,(H,26,27). The molecule has 0 fully saturated rings. The number of carboxylic acid groups (broad SMARTS) is 1. The summed E-state index contributed by atoms with van der Waals surface area (Å²) >= 11 is 5.98. The number of fused-ring (bicyclic) bond motifs is 1. The topological polar surface area (TPSA) is 134 Å². The molecular formula is C18H18ClN5O6S. The number of methoxy groups -OCH3 is 1. The van der Waals surface area contributed by atoms with Gasteiger partial charge >= 0.3 is 6.09 Å². The zero-order chi connectivity index (χ0) is 22.9. The van der Waals surface area contributed by atoms with Gasteiger partial charge < -0.3 is 14.7 Å². The van der Waals surface area contributed by atoms with Gasteiger partial charge in [0.2, 0.25) is 0 Å². The summed E-state index contributed by atoms with van der Waals surface area (Å²) in [7, 11) is -0.989. The van der Waals surface area contributed by atoms with Gasteiger partial charge in [0.25, 0.3) is 11.9 Å². The third-order valence-corrected chi connectivity index (χ3v) is 5.59. The van der Waals surface area contributed by atoms with Gasteiger partial charge in [-0.2, -0.15) is 4.98 Å². The average molecular weight is 468 g/mol. The maximum Gasteiger partial charge on any atom is 0.407 e. The van der Waals surface area contributed by atoms with Crippen LogP contribution >= 0.6 is 11.6 Å². The Balaban J connectivity index is 2.17. The summed E-state index contributed by atoms with van der Waals surface area (Å²) < 4.78 is 30.5. The van der Waals surface area contributed by atoms with E-state index in [1.54, 1.807) is 12.1 Å². The van der Waals surface area contributed by atoms with Gasteiger partial charge in [-0.25, -0.2) is 22.6 Å². The summed E-state index contributed by atoms with van der Waals surface area (Å²) in [6.45, 7) is -0.511. The second-order valence-electron chi connectivity index (χ2n) is 6.54. The minimum absolute atomic E-state index is 0.0158. The van der Waals surface area contributed by atoms with Gasteiger partial charge in [-0.15, -0.1) is 5.10 Å². The van der Waals surface area contributed by atoms with Crippen molar-refractivity contribution in [3.05, 3.63) is 41.6 Å². The fourth-order valence-corrected chi connectivity index (χ4v) is 3.50. The first kappa shape index (κ1) is 22.3. The number of carbonyl (C=O) groups is 2. The lowest BCUT2D eigenvalue weighted by Crippen LogP contribution is -2.39. The van der Waals surface area contributed by atoms with Crippen LogP contribution in [-0.2, 0) is 14.6 Å². The number of amides is 2. The Bertz CT molecular complexity index is 1280. The maximum atomic E-state index is 13.1. The molecule has 0 radical (unpaired) electrons. The van der Waals surface area contributed by atoms with Crippen molar-refractivity contribution < 1.29 is 27.9 Å². The first-order valence-corrected chi connectivity index (χ1v) is 10.9. The third kappa shape index (κ3) is 4.70. The summed E-state index contributed by atoms with van der Waals surface area (Å²) in [5.41, 5.74) is 0.524. The van der Waals surface area contributed by atoms with Gasteiger partial charge in [0.05, 0.1) is 22.7 Å². The van der Waals surface area contributed by atoms with Crippen molar-refractivity contribution in [2.24, 2.45) is 0 Å². The highest BCUT2D eigenvalue weighted by Crippen LogP contribution is 2.35. The van der Waals surface area contributed by atoms with Crippen molar-refractivity contribution in [1.29, 1.82) is 0 Å². The molecule has 2 heterocycles. The van der Waals surface area contributed by atoms with Crippen molar-refractivity contribution in [3.63, 3.8) is 0 Å². The highest BCUT2D eigenvalue weighted by Gasteiger charge is 2.28. The van der Waals surface area contributed by atoms with Crippen molar-refractivity contribution in [2.45, 2.75) is 4.90 Å². The Labute approximate surface area is 182 Å². The van der Waals surface area contributed by atoms with Crippen LogP contribution < -0.4 is 9.64 Å². The van der Waals surface area contributed by atoms with Crippen LogP contribution in [0.25, 0.3) is 5.65 Å². The quantitative estimate of drug-likeness (QED) is 0.582. The molecule has 13 heteroatoms. The van der Waals surface area contributed by atoms with Crippen LogP contribution in [0.2, 0.25) is 5.02 Å². The molecule has 0 aliphatic rings. The average Bonchev–Trinajstić information content (AvgIpc) is 3.09. The lowest BCUT2D eigenvalue weighted by Gasteiger charge is -2.23. The molecule has 1 N–H and O–H groups in total. The molecule has 3 rings (SSSR count). The zero-order valence-electron chi connectivity index (χ0n) is 16.7. The van der Waals surface area contributed by atoms with Crippen molar-refractivity contribution >= 4 is 50.7 Å². The monoisotopic (exact) mass is 467 g/mol. The van der Waals surface area contributed by atoms with Gasteiger partial charge in [0.1, 0.15) is 12.3 Å². The fourth-order valence-electron chi connectivity index (χ4n) is 2.71.